The predicted octanol–water partition coefficient (Wildman–Crippen LogP) is 2.46. The molecule has 1 aromatic heterocycles. The Balaban J connectivity index is 2.12. The summed E-state index contributed by atoms with van der Waals surface area (Å²) in [6, 6.07) is 3.76. The van der Waals surface area contributed by atoms with Gasteiger partial charge in [-0.3, -0.25) is 0 Å². The first-order chi connectivity index (χ1) is 6.72. The van der Waals surface area contributed by atoms with E-state index in [0.717, 1.165) is 11.7 Å². The molecule has 1 heterocycles. The van der Waals surface area contributed by atoms with Crippen molar-refractivity contribution in [3.8, 4) is 11.8 Å². The summed E-state index contributed by atoms with van der Waals surface area (Å²) in [7, 11) is 0. The van der Waals surface area contributed by atoms with Crippen LogP contribution in [0.1, 0.15) is 43.8 Å². The molecule has 2 nitrogen and oxygen atoms in total. The monoisotopic (exact) mass is 190 g/mol. The SMILES string of the molecule is CC#CC(O)c1ccc(C2CC2C)o1. The number of hydrogen-bond donors (Lipinski definition) is 1. The van der Waals surface area contributed by atoms with Gasteiger partial charge in [0.2, 0.25) is 0 Å². The lowest BCUT2D eigenvalue weighted by Crippen LogP contribution is -1.89. The van der Waals surface area contributed by atoms with Crippen molar-refractivity contribution in [3.05, 3.63) is 23.7 Å². The van der Waals surface area contributed by atoms with Crippen molar-refractivity contribution in [3.63, 3.8) is 0 Å². The van der Waals surface area contributed by atoms with Gasteiger partial charge >= 0.3 is 0 Å². The molecular formula is C12H14O2. The minimum absolute atomic E-state index is 0.561. The Morgan fingerprint density at radius 3 is 2.86 bits per heavy atom. The predicted molar refractivity (Wildman–Crippen MR) is 53.6 cm³/mol. The Labute approximate surface area is 83.9 Å². The van der Waals surface area contributed by atoms with Crippen LogP contribution in [0.15, 0.2) is 16.5 Å². The lowest BCUT2D eigenvalue weighted by molar-refractivity contribution is 0.203. The maximum atomic E-state index is 9.53. The van der Waals surface area contributed by atoms with E-state index >= 15 is 0 Å². The summed E-state index contributed by atoms with van der Waals surface area (Å²) in [5.74, 6) is 8.17. The van der Waals surface area contributed by atoms with E-state index in [1.54, 1.807) is 6.92 Å². The standard InChI is InChI=1S/C12H14O2/c1-3-4-10(13)12-6-5-11(14-12)9-7-8(9)2/h5-6,8-10,13H,7H2,1-2H3. The van der Waals surface area contributed by atoms with Crippen LogP contribution < -0.4 is 0 Å². The molecule has 74 valence electrons. The molecule has 1 saturated carbocycles. The van der Waals surface area contributed by atoms with Crippen LogP contribution in [-0.2, 0) is 0 Å². The van der Waals surface area contributed by atoms with Gasteiger partial charge in [-0.25, -0.2) is 0 Å². The van der Waals surface area contributed by atoms with Gasteiger partial charge in [0.1, 0.15) is 11.5 Å². The summed E-state index contributed by atoms with van der Waals surface area (Å²) in [6.45, 7) is 3.91. The maximum Gasteiger partial charge on any atom is 0.172 e. The van der Waals surface area contributed by atoms with Crippen LogP contribution >= 0.6 is 0 Å². The van der Waals surface area contributed by atoms with Crippen LogP contribution in [0.25, 0.3) is 0 Å². The lowest BCUT2D eigenvalue weighted by Gasteiger charge is -1.97. The highest BCUT2D eigenvalue weighted by Crippen LogP contribution is 2.47. The summed E-state index contributed by atoms with van der Waals surface area (Å²) in [4.78, 5) is 0. The second kappa shape index (κ2) is 3.51. The van der Waals surface area contributed by atoms with Crippen LogP contribution in [0.2, 0.25) is 0 Å². The summed E-state index contributed by atoms with van der Waals surface area (Å²) in [6.07, 6.45) is 0.422. The zero-order valence-corrected chi connectivity index (χ0v) is 8.45. The van der Waals surface area contributed by atoms with Crippen molar-refractivity contribution < 1.29 is 9.52 Å². The molecule has 1 aliphatic rings. The molecule has 1 N–H and O–H groups in total. The molecule has 0 aliphatic heterocycles. The van der Waals surface area contributed by atoms with E-state index in [2.05, 4.69) is 18.8 Å². The van der Waals surface area contributed by atoms with Crippen LogP contribution in [-0.4, -0.2) is 5.11 Å². The minimum atomic E-state index is -0.775. The molecule has 3 atom stereocenters. The van der Waals surface area contributed by atoms with E-state index in [1.165, 1.54) is 6.42 Å². The molecule has 2 heteroatoms. The van der Waals surface area contributed by atoms with Crippen LogP contribution in [0.5, 0.6) is 0 Å². The summed E-state index contributed by atoms with van der Waals surface area (Å²) >= 11 is 0. The molecule has 1 aromatic rings. The fourth-order valence-electron chi connectivity index (χ4n) is 1.64. The molecule has 0 saturated heterocycles. The molecule has 0 bridgehead atoms. The fourth-order valence-corrected chi connectivity index (χ4v) is 1.64. The molecule has 1 aliphatic carbocycles. The Hall–Kier alpha value is -1.20. The number of rotatable bonds is 2. The molecule has 1 fully saturated rings. The lowest BCUT2D eigenvalue weighted by atomic mass is 10.2. The number of aliphatic hydroxyl groups is 1. The molecule has 2 rings (SSSR count). The highest BCUT2D eigenvalue weighted by Gasteiger charge is 2.36. The first kappa shape index (κ1) is 9.36. The van der Waals surface area contributed by atoms with Crippen molar-refractivity contribution in [1.82, 2.24) is 0 Å². The average molecular weight is 190 g/mol. The van der Waals surface area contributed by atoms with Crippen molar-refractivity contribution in [2.24, 2.45) is 5.92 Å². The largest absolute Gasteiger partial charge is 0.462 e. The van der Waals surface area contributed by atoms with Crippen LogP contribution in [0, 0.1) is 17.8 Å². The molecule has 14 heavy (non-hydrogen) atoms. The zero-order chi connectivity index (χ0) is 10.1. The molecule has 0 radical (unpaired) electrons. The fraction of sp³-hybridized carbons (Fsp3) is 0.500. The van der Waals surface area contributed by atoms with E-state index in [4.69, 9.17) is 4.42 Å². The van der Waals surface area contributed by atoms with Gasteiger partial charge in [-0.2, -0.15) is 0 Å². The molecule has 3 unspecified atom stereocenters. The van der Waals surface area contributed by atoms with Crippen molar-refractivity contribution in [1.29, 1.82) is 0 Å². The van der Waals surface area contributed by atoms with Crippen molar-refractivity contribution in [2.45, 2.75) is 32.3 Å². The number of furan rings is 1. The van der Waals surface area contributed by atoms with E-state index in [9.17, 15) is 5.11 Å². The molecule has 0 aromatic carbocycles. The third-order valence-electron chi connectivity index (χ3n) is 2.67. The Bertz CT molecular complexity index is 381. The van der Waals surface area contributed by atoms with Crippen molar-refractivity contribution in [2.75, 3.05) is 0 Å². The normalized spacial score (nSPS) is 26.5. The zero-order valence-electron chi connectivity index (χ0n) is 8.45. The third kappa shape index (κ3) is 1.69. The second-order valence-corrected chi connectivity index (χ2v) is 3.86. The summed E-state index contributed by atoms with van der Waals surface area (Å²) in [5.41, 5.74) is 0. The van der Waals surface area contributed by atoms with E-state index in [0.29, 0.717) is 11.7 Å². The topological polar surface area (TPSA) is 33.4 Å². The highest BCUT2D eigenvalue weighted by molar-refractivity contribution is 5.22. The van der Waals surface area contributed by atoms with Crippen LogP contribution in [0.3, 0.4) is 0 Å². The maximum absolute atomic E-state index is 9.53. The van der Waals surface area contributed by atoms with Gasteiger partial charge in [0.15, 0.2) is 6.10 Å². The summed E-state index contributed by atoms with van der Waals surface area (Å²) < 4.78 is 5.54. The third-order valence-corrected chi connectivity index (χ3v) is 2.67. The first-order valence-electron chi connectivity index (χ1n) is 4.92. The Morgan fingerprint density at radius 1 is 1.57 bits per heavy atom. The van der Waals surface area contributed by atoms with Crippen molar-refractivity contribution >= 4 is 0 Å². The van der Waals surface area contributed by atoms with Gasteiger partial charge in [0.05, 0.1) is 0 Å². The molecule has 0 spiro atoms. The van der Waals surface area contributed by atoms with Crippen LogP contribution in [0.4, 0.5) is 0 Å². The van der Waals surface area contributed by atoms with E-state index in [1.807, 2.05) is 12.1 Å². The Kier molecular flexibility index (Phi) is 2.35. The highest BCUT2D eigenvalue weighted by atomic mass is 16.4. The van der Waals surface area contributed by atoms with Gasteiger partial charge in [-0.1, -0.05) is 12.8 Å². The second-order valence-electron chi connectivity index (χ2n) is 3.86. The first-order valence-corrected chi connectivity index (χ1v) is 4.92. The number of aliphatic hydroxyl groups excluding tert-OH is 1. The quantitative estimate of drug-likeness (QED) is 0.727. The number of hydrogen-bond acceptors (Lipinski definition) is 2. The minimum Gasteiger partial charge on any atom is -0.462 e. The molecule has 0 amide bonds. The summed E-state index contributed by atoms with van der Waals surface area (Å²) in [5, 5.41) is 9.53. The van der Waals surface area contributed by atoms with Gasteiger partial charge in [-0.05, 0) is 31.4 Å². The van der Waals surface area contributed by atoms with Gasteiger partial charge < -0.3 is 9.52 Å². The molecular weight excluding hydrogens is 176 g/mol. The van der Waals surface area contributed by atoms with Gasteiger partial charge in [-0.15, -0.1) is 5.92 Å². The van der Waals surface area contributed by atoms with Gasteiger partial charge in [0.25, 0.3) is 0 Å². The smallest absolute Gasteiger partial charge is 0.172 e. The van der Waals surface area contributed by atoms with Gasteiger partial charge in [0, 0.05) is 5.92 Å². The van der Waals surface area contributed by atoms with E-state index in [-0.39, 0.29) is 0 Å². The Morgan fingerprint density at radius 2 is 2.29 bits per heavy atom. The van der Waals surface area contributed by atoms with E-state index < -0.39 is 6.10 Å². The average Bonchev–Trinajstić information content (AvgIpc) is 2.70.